The first-order valence-corrected chi connectivity index (χ1v) is 10.2. The molecule has 4 bridgehead atoms. The van der Waals surface area contributed by atoms with Gasteiger partial charge >= 0.3 is 0 Å². The van der Waals surface area contributed by atoms with Crippen LogP contribution in [0.1, 0.15) is 57.9 Å². The van der Waals surface area contributed by atoms with Crippen LogP contribution in [0.5, 0.6) is 0 Å². The number of nitrogens with zero attached hydrogens (tertiary/aromatic N) is 3. The molecule has 4 saturated carbocycles. The number of benzene rings is 1. The average Bonchev–Trinajstić information content (AvgIpc) is 3.00. The molecule has 0 aliphatic heterocycles. The molecule has 0 unspecified atom stereocenters. The molecule has 1 heterocycles. The lowest BCUT2D eigenvalue weighted by Gasteiger charge is -2.64. The lowest BCUT2D eigenvalue weighted by Crippen LogP contribution is -2.58. The number of rotatable bonds is 4. The number of anilines is 1. The van der Waals surface area contributed by atoms with Crippen molar-refractivity contribution in [3.63, 3.8) is 0 Å². The van der Waals surface area contributed by atoms with Crippen molar-refractivity contribution in [2.75, 3.05) is 5.32 Å². The summed E-state index contributed by atoms with van der Waals surface area (Å²) >= 11 is 0. The fourth-order valence-corrected chi connectivity index (χ4v) is 7.14. The maximum atomic E-state index is 13.3. The molecule has 1 N–H and O–H groups in total. The summed E-state index contributed by atoms with van der Waals surface area (Å²) in [5, 5.41) is 7.42. The summed E-state index contributed by atoms with van der Waals surface area (Å²) in [6.07, 6.45) is 8.35. The number of amides is 1. The Kier molecular flexibility index (Phi) is 3.74. The van der Waals surface area contributed by atoms with Gasteiger partial charge in [-0.05, 0) is 73.0 Å². The van der Waals surface area contributed by atoms with E-state index in [0.29, 0.717) is 29.2 Å². The molecule has 1 amide bonds. The van der Waals surface area contributed by atoms with Crippen molar-refractivity contribution < 1.29 is 9.18 Å². The zero-order valence-corrected chi connectivity index (χ0v) is 16.5. The second-order valence-corrected chi connectivity index (χ2v) is 10.3. The van der Waals surface area contributed by atoms with Crippen LogP contribution in [0.3, 0.4) is 0 Å². The first kappa shape index (κ1) is 17.8. The van der Waals surface area contributed by atoms with Gasteiger partial charge in [0.1, 0.15) is 12.1 Å². The first-order valence-electron chi connectivity index (χ1n) is 10.2. The molecule has 2 aromatic rings. The summed E-state index contributed by atoms with van der Waals surface area (Å²) in [6, 6.07) is 6.32. The molecule has 1 aromatic carbocycles. The van der Waals surface area contributed by atoms with Gasteiger partial charge in [-0.2, -0.15) is 0 Å². The molecular weight excluding hydrogens is 355 g/mol. The van der Waals surface area contributed by atoms with E-state index in [1.54, 1.807) is 23.1 Å². The normalized spacial score (nSPS) is 35.9. The van der Waals surface area contributed by atoms with Crippen molar-refractivity contribution in [2.24, 2.45) is 22.2 Å². The molecule has 4 aliphatic carbocycles. The van der Waals surface area contributed by atoms with Gasteiger partial charge < -0.3 is 0 Å². The Morgan fingerprint density at radius 3 is 2.46 bits per heavy atom. The molecule has 28 heavy (non-hydrogen) atoms. The van der Waals surface area contributed by atoms with Crippen molar-refractivity contribution in [1.82, 2.24) is 14.8 Å². The molecule has 6 rings (SSSR count). The Labute approximate surface area is 164 Å². The molecule has 4 aliphatic rings. The van der Waals surface area contributed by atoms with Crippen molar-refractivity contribution >= 4 is 11.9 Å². The summed E-state index contributed by atoms with van der Waals surface area (Å²) in [5.74, 6) is 0.862. The van der Waals surface area contributed by atoms with Crippen molar-refractivity contribution in [2.45, 2.75) is 58.9 Å². The van der Waals surface area contributed by atoms with Gasteiger partial charge in [-0.3, -0.25) is 10.1 Å². The summed E-state index contributed by atoms with van der Waals surface area (Å²) in [6.45, 7) is 5.23. The van der Waals surface area contributed by atoms with E-state index in [1.165, 1.54) is 31.4 Å². The second-order valence-electron chi connectivity index (χ2n) is 10.3. The Bertz CT molecular complexity index is 903. The highest BCUT2D eigenvalue weighted by Crippen LogP contribution is 2.69. The average molecular weight is 382 g/mol. The van der Waals surface area contributed by atoms with Gasteiger partial charge in [0.25, 0.3) is 0 Å². The van der Waals surface area contributed by atoms with E-state index in [1.807, 2.05) is 0 Å². The Hall–Kier alpha value is -2.24. The van der Waals surface area contributed by atoms with Crippen LogP contribution in [-0.4, -0.2) is 20.7 Å². The highest BCUT2D eigenvalue weighted by Gasteiger charge is 2.62. The standard InChI is InChI=1S/C22H27FN4O/c1-20-7-16-8-21(2,11-20)13-22(9-16,12-20)18(28)25-19-24-14-27(26-19)10-15-3-5-17(23)6-4-15/h3-6,14,16H,7-13H2,1-2H3,(H,25,26,28)/t16?,20-,21-,22?/m1/s1. The molecular formula is C22H27FN4O. The SMILES string of the molecule is C[C@]12CC3CC(C(=O)Nc4ncn(Cc5ccc(F)cc5)n4)(C1)C[C@](C)(C3)C2. The zero-order valence-electron chi connectivity index (χ0n) is 16.5. The third-order valence-electron chi connectivity index (χ3n) is 7.13. The number of carbonyl (C=O) groups excluding carboxylic acids is 1. The summed E-state index contributed by atoms with van der Waals surface area (Å²) in [5.41, 5.74) is 1.25. The van der Waals surface area contributed by atoms with Crippen molar-refractivity contribution in [1.29, 1.82) is 0 Å². The summed E-state index contributed by atoms with van der Waals surface area (Å²) in [7, 11) is 0. The summed E-state index contributed by atoms with van der Waals surface area (Å²) in [4.78, 5) is 17.6. The molecule has 4 fully saturated rings. The Morgan fingerprint density at radius 1 is 1.14 bits per heavy atom. The lowest BCUT2D eigenvalue weighted by atomic mass is 9.40. The van der Waals surface area contributed by atoms with E-state index in [0.717, 1.165) is 24.8 Å². The topological polar surface area (TPSA) is 59.8 Å². The number of hydrogen-bond donors (Lipinski definition) is 1. The minimum Gasteiger partial charge on any atom is -0.293 e. The quantitative estimate of drug-likeness (QED) is 0.853. The van der Waals surface area contributed by atoms with Crippen LogP contribution >= 0.6 is 0 Å². The van der Waals surface area contributed by atoms with E-state index < -0.39 is 0 Å². The smallest absolute Gasteiger partial charge is 0.248 e. The van der Waals surface area contributed by atoms with Crippen LogP contribution in [-0.2, 0) is 11.3 Å². The molecule has 2 atom stereocenters. The molecule has 0 radical (unpaired) electrons. The number of nitrogens with one attached hydrogen (secondary N) is 1. The Morgan fingerprint density at radius 2 is 1.82 bits per heavy atom. The fourth-order valence-electron chi connectivity index (χ4n) is 7.14. The van der Waals surface area contributed by atoms with Gasteiger partial charge in [-0.15, -0.1) is 5.10 Å². The molecule has 148 valence electrons. The van der Waals surface area contributed by atoms with E-state index in [4.69, 9.17) is 0 Å². The van der Waals surface area contributed by atoms with Crippen molar-refractivity contribution in [3.05, 3.63) is 42.0 Å². The first-order chi connectivity index (χ1) is 13.2. The number of hydrogen-bond acceptors (Lipinski definition) is 3. The van der Waals surface area contributed by atoms with Crippen LogP contribution in [0.2, 0.25) is 0 Å². The third kappa shape index (κ3) is 3.03. The molecule has 0 spiro atoms. The maximum Gasteiger partial charge on any atom is 0.248 e. The molecule has 0 saturated heterocycles. The van der Waals surface area contributed by atoms with E-state index in [-0.39, 0.29) is 17.1 Å². The van der Waals surface area contributed by atoms with Gasteiger partial charge in [0.2, 0.25) is 11.9 Å². The largest absolute Gasteiger partial charge is 0.293 e. The van der Waals surface area contributed by atoms with Crippen LogP contribution in [0.25, 0.3) is 0 Å². The number of aromatic nitrogens is 3. The van der Waals surface area contributed by atoms with Gasteiger partial charge in [0, 0.05) is 0 Å². The Balaban J connectivity index is 1.31. The molecule has 1 aromatic heterocycles. The fraction of sp³-hybridized carbons (Fsp3) is 0.591. The minimum absolute atomic E-state index is 0.0913. The molecule has 5 nitrogen and oxygen atoms in total. The van der Waals surface area contributed by atoms with E-state index in [9.17, 15) is 9.18 Å². The maximum absolute atomic E-state index is 13.3. The van der Waals surface area contributed by atoms with Gasteiger partial charge in [-0.25, -0.2) is 14.1 Å². The van der Waals surface area contributed by atoms with Crippen molar-refractivity contribution in [3.8, 4) is 0 Å². The monoisotopic (exact) mass is 382 g/mol. The number of halogens is 1. The molecule has 6 heteroatoms. The minimum atomic E-state index is -0.272. The predicted molar refractivity (Wildman–Crippen MR) is 104 cm³/mol. The van der Waals surface area contributed by atoms with E-state index >= 15 is 0 Å². The highest BCUT2D eigenvalue weighted by molar-refractivity contribution is 5.94. The highest BCUT2D eigenvalue weighted by atomic mass is 19.1. The van der Waals surface area contributed by atoms with E-state index in [2.05, 4.69) is 29.2 Å². The van der Waals surface area contributed by atoms with Gasteiger partial charge in [0.05, 0.1) is 12.0 Å². The van der Waals surface area contributed by atoms with Crippen LogP contribution in [0.4, 0.5) is 10.3 Å². The lowest BCUT2D eigenvalue weighted by molar-refractivity contribution is -0.165. The third-order valence-corrected chi connectivity index (χ3v) is 7.13. The second kappa shape index (κ2) is 5.88. The number of carbonyl (C=O) groups is 1. The predicted octanol–water partition coefficient (Wildman–Crippen LogP) is 4.40. The zero-order chi connectivity index (χ0) is 19.6. The van der Waals surface area contributed by atoms with Gasteiger partial charge in [0.15, 0.2) is 0 Å². The van der Waals surface area contributed by atoms with Gasteiger partial charge in [-0.1, -0.05) is 26.0 Å². The summed E-state index contributed by atoms with van der Waals surface area (Å²) < 4.78 is 14.7. The van der Waals surface area contributed by atoms with Crippen LogP contribution in [0, 0.1) is 28.0 Å². The van der Waals surface area contributed by atoms with Crippen LogP contribution < -0.4 is 5.32 Å². The van der Waals surface area contributed by atoms with Crippen LogP contribution in [0.15, 0.2) is 30.6 Å².